The highest BCUT2D eigenvalue weighted by molar-refractivity contribution is 6.21. The number of hydrogen-bond donors (Lipinski definition) is 0. The van der Waals surface area contributed by atoms with Gasteiger partial charge in [0, 0.05) is 48.7 Å². The lowest BCUT2D eigenvalue weighted by atomic mass is 10.1. The lowest BCUT2D eigenvalue weighted by Gasteiger charge is -2.11. The quantitative estimate of drug-likeness (QED) is 0.185. The van der Waals surface area contributed by atoms with Crippen LogP contribution in [0.15, 0.2) is 159 Å². The van der Waals surface area contributed by atoms with Crippen molar-refractivity contribution in [2.75, 3.05) is 0 Å². The van der Waals surface area contributed by atoms with Crippen molar-refractivity contribution < 1.29 is 27.0 Å². The third-order valence-electron chi connectivity index (χ3n) is 9.57. The molecule has 0 spiro atoms. The second-order valence-corrected chi connectivity index (χ2v) is 12.4. The van der Waals surface area contributed by atoms with Crippen LogP contribution in [0, 0.1) is 0 Å². The van der Waals surface area contributed by atoms with E-state index in [2.05, 4.69) is 0 Å². The van der Waals surface area contributed by atoms with Crippen molar-refractivity contribution in [1.29, 1.82) is 0 Å². The van der Waals surface area contributed by atoms with Crippen LogP contribution < -0.4 is 0 Å². The number of aromatic nitrogens is 4. The van der Waals surface area contributed by atoms with Gasteiger partial charge in [-0.25, -0.2) is 4.98 Å². The summed E-state index contributed by atoms with van der Waals surface area (Å²) in [7, 11) is 0. The molecule has 0 aliphatic carbocycles. The van der Waals surface area contributed by atoms with E-state index in [1.54, 1.807) is 12.1 Å². The molecule has 5 heterocycles. The number of fused-ring (bicyclic) bond motifs is 13. The van der Waals surface area contributed by atoms with Gasteiger partial charge in [0.15, 0.2) is 17.2 Å². The van der Waals surface area contributed by atoms with Crippen LogP contribution in [-0.2, 0) is 0 Å². The van der Waals surface area contributed by atoms with Gasteiger partial charge < -0.3 is 13.3 Å². The molecule has 12 aromatic rings. The SMILES string of the molecule is [2H]c1c([2H])c([2H])c2c(oc3c2c([2H])c([2H])c2c4c([2H])c([2H])c([2H])c([2H])c4n(-c4nc(-c5ccc6c(c5)oc5ccccc56)nc(-c5cccc6c5oc5ccccc56)n4)c32)c1[2H]. The smallest absolute Gasteiger partial charge is 0.238 e. The minimum atomic E-state index is -0.582. The van der Waals surface area contributed by atoms with Gasteiger partial charge in [0.1, 0.15) is 33.4 Å². The fourth-order valence-corrected chi connectivity index (χ4v) is 7.27. The summed E-state index contributed by atoms with van der Waals surface area (Å²) in [4.78, 5) is 15.0. The van der Waals surface area contributed by atoms with Crippen LogP contribution >= 0.6 is 0 Å². The summed E-state index contributed by atoms with van der Waals surface area (Å²) >= 11 is 0. The Kier molecular flexibility index (Phi) is 3.87. The van der Waals surface area contributed by atoms with Crippen LogP contribution in [0.1, 0.15) is 13.7 Å². The van der Waals surface area contributed by atoms with Gasteiger partial charge >= 0.3 is 0 Å². The Morgan fingerprint density at radius 1 is 0.462 bits per heavy atom. The summed E-state index contributed by atoms with van der Waals surface area (Å²) in [6.45, 7) is 0. The molecule has 7 nitrogen and oxygen atoms in total. The van der Waals surface area contributed by atoms with Gasteiger partial charge in [0.2, 0.25) is 5.95 Å². The monoisotopic (exact) mass is 678 g/mol. The molecule has 0 saturated heterocycles. The molecule has 0 aliphatic rings. The van der Waals surface area contributed by atoms with Crippen LogP contribution in [-0.4, -0.2) is 19.5 Å². The average molecular weight is 679 g/mol. The van der Waals surface area contributed by atoms with E-state index in [-0.39, 0.29) is 61.3 Å². The number of para-hydroxylation sites is 5. The minimum absolute atomic E-state index is 0.0474. The summed E-state index contributed by atoms with van der Waals surface area (Å²) in [6.07, 6.45) is 0. The highest BCUT2D eigenvalue weighted by atomic mass is 16.3. The van der Waals surface area contributed by atoms with E-state index >= 15 is 0 Å². The summed E-state index contributed by atoms with van der Waals surface area (Å²) < 4.78 is 109. The Balaban J connectivity index is 1.27. The third-order valence-corrected chi connectivity index (χ3v) is 9.57. The third kappa shape index (κ3) is 3.76. The molecule has 0 radical (unpaired) electrons. The van der Waals surface area contributed by atoms with Crippen molar-refractivity contribution in [2.45, 2.75) is 0 Å². The van der Waals surface area contributed by atoms with Crippen molar-refractivity contribution in [3.63, 3.8) is 0 Å². The molecule has 7 heteroatoms. The number of furan rings is 3. The first kappa shape index (κ1) is 19.8. The predicted molar refractivity (Wildman–Crippen MR) is 207 cm³/mol. The van der Waals surface area contributed by atoms with E-state index < -0.39 is 60.4 Å². The molecule has 0 saturated carbocycles. The summed E-state index contributed by atoms with van der Waals surface area (Å²) in [6, 6.07) is 21.1. The maximum Gasteiger partial charge on any atom is 0.238 e. The molecular formula is C45H24N4O3. The number of benzene rings is 7. The molecule has 0 fully saturated rings. The Morgan fingerprint density at radius 3 is 2.06 bits per heavy atom. The van der Waals surface area contributed by atoms with E-state index in [4.69, 9.17) is 37.8 Å². The molecule has 0 bridgehead atoms. The zero-order valence-electron chi connectivity index (χ0n) is 36.6. The van der Waals surface area contributed by atoms with Crippen molar-refractivity contribution in [3.05, 3.63) is 145 Å². The van der Waals surface area contributed by atoms with Gasteiger partial charge in [-0.2, -0.15) is 9.97 Å². The first-order chi connectivity index (χ1) is 29.9. The Morgan fingerprint density at radius 2 is 1.15 bits per heavy atom. The van der Waals surface area contributed by atoms with Gasteiger partial charge in [0.25, 0.3) is 0 Å². The van der Waals surface area contributed by atoms with E-state index in [1.165, 1.54) is 4.57 Å². The average Bonchev–Trinajstić information content (AvgIpc) is 4.07. The number of rotatable bonds is 3. The summed E-state index contributed by atoms with van der Waals surface area (Å²) in [5.74, 6) is 0.102. The standard InChI is InChI=1S/C45H24N4O3/c1-5-16-35-26(10-1)31-22-23-33-29-13-4-8-19-38(29)52-42(33)40(31)49(35)45-47-43(25-20-21-30-27-11-2-6-17-36(27)50-39(30)24-25)46-44(48-45)34-15-9-14-32-28-12-3-7-18-37(28)51-41(32)34/h1-24H/i1D,4D,5D,8D,10D,13D,16D,19D,22D,23D. The number of nitrogens with zero attached hydrogens (tertiary/aromatic N) is 4. The van der Waals surface area contributed by atoms with E-state index in [1.807, 2.05) is 72.8 Å². The fraction of sp³-hybridized carbons (Fsp3) is 0. The number of hydrogen-bond acceptors (Lipinski definition) is 6. The van der Waals surface area contributed by atoms with E-state index in [0.717, 1.165) is 21.5 Å². The van der Waals surface area contributed by atoms with Crippen molar-refractivity contribution in [2.24, 2.45) is 0 Å². The predicted octanol–water partition coefficient (Wildman–Crippen LogP) is 12.0. The first-order valence-corrected chi connectivity index (χ1v) is 16.4. The maximum atomic E-state index is 9.41. The molecule has 0 unspecified atom stereocenters. The van der Waals surface area contributed by atoms with Gasteiger partial charge in [-0.3, -0.25) is 4.57 Å². The van der Waals surface area contributed by atoms with Crippen LogP contribution in [0.4, 0.5) is 0 Å². The van der Waals surface area contributed by atoms with Gasteiger partial charge in [-0.1, -0.05) is 96.9 Å². The lowest BCUT2D eigenvalue weighted by Crippen LogP contribution is -2.06. The van der Waals surface area contributed by atoms with Crippen LogP contribution in [0.2, 0.25) is 0 Å². The molecule has 7 aromatic carbocycles. The van der Waals surface area contributed by atoms with E-state index in [9.17, 15) is 4.11 Å². The van der Waals surface area contributed by atoms with Crippen molar-refractivity contribution in [3.8, 4) is 28.7 Å². The minimum Gasteiger partial charge on any atom is -0.456 e. The van der Waals surface area contributed by atoms with Crippen molar-refractivity contribution in [1.82, 2.24) is 19.5 Å². The summed E-state index contributed by atoms with van der Waals surface area (Å²) in [5, 5.41) is 2.99. The molecule has 52 heavy (non-hydrogen) atoms. The van der Waals surface area contributed by atoms with Crippen LogP contribution in [0.25, 0.3) is 116 Å². The molecule has 0 N–H and O–H groups in total. The zero-order valence-corrected chi connectivity index (χ0v) is 26.6. The highest BCUT2D eigenvalue weighted by Gasteiger charge is 2.23. The molecular weight excluding hydrogens is 645 g/mol. The van der Waals surface area contributed by atoms with Gasteiger partial charge in [-0.05, 0) is 48.5 Å². The molecule has 5 aromatic heterocycles. The molecule has 0 amide bonds. The topological polar surface area (TPSA) is 83.0 Å². The molecule has 242 valence electrons. The largest absolute Gasteiger partial charge is 0.456 e. The van der Waals surface area contributed by atoms with Gasteiger partial charge in [0.05, 0.1) is 24.8 Å². The van der Waals surface area contributed by atoms with Crippen LogP contribution in [0.5, 0.6) is 0 Å². The Labute approximate surface area is 308 Å². The van der Waals surface area contributed by atoms with Crippen LogP contribution in [0.3, 0.4) is 0 Å². The first-order valence-electron chi connectivity index (χ1n) is 21.4. The normalized spacial score (nSPS) is 14.9. The van der Waals surface area contributed by atoms with E-state index in [0.29, 0.717) is 33.5 Å². The van der Waals surface area contributed by atoms with Gasteiger partial charge in [-0.15, -0.1) is 0 Å². The zero-order chi connectivity index (χ0) is 42.6. The second kappa shape index (κ2) is 10.2. The highest BCUT2D eigenvalue weighted by Crippen LogP contribution is 2.41. The fourth-order valence-electron chi connectivity index (χ4n) is 7.27. The van der Waals surface area contributed by atoms with Crippen molar-refractivity contribution >= 4 is 87.6 Å². The summed E-state index contributed by atoms with van der Waals surface area (Å²) in [5.41, 5.74) is 2.72. The Bertz CT molecular complexity index is 4020. The lowest BCUT2D eigenvalue weighted by molar-refractivity contribution is 0.668. The molecule has 0 aliphatic heterocycles. The second-order valence-electron chi connectivity index (χ2n) is 12.4. The Hall–Kier alpha value is -7.25. The molecule has 12 rings (SSSR count). The maximum absolute atomic E-state index is 9.41. The molecule has 0 atom stereocenters.